The maximum atomic E-state index is 13.9. The smallest absolute Gasteiger partial charge is 0.267 e. The number of halogens is 1. The van der Waals surface area contributed by atoms with Gasteiger partial charge in [-0.1, -0.05) is 30.2 Å². The number of para-hydroxylation sites is 2. The Bertz CT molecular complexity index is 1640. The third-order valence-electron chi connectivity index (χ3n) is 8.08. The molecule has 1 fully saturated rings. The zero-order valence-electron chi connectivity index (χ0n) is 22.8. The lowest BCUT2D eigenvalue weighted by molar-refractivity contribution is -0.135. The number of benzene rings is 3. The number of rotatable bonds is 4. The van der Waals surface area contributed by atoms with Gasteiger partial charge >= 0.3 is 0 Å². The molecule has 0 unspecified atom stereocenters. The van der Waals surface area contributed by atoms with E-state index in [1.54, 1.807) is 17.1 Å². The lowest BCUT2D eigenvalue weighted by Gasteiger charge is -2.26. The van der Waals surface area contributed by atoms with Crippen LogP contribution in [0.3, 0.4) is 0 Å². The number of hydrogen-bond acceptors (Lipinski definition) is 7. The van der Waals surface area contributed by atoms with Crippen LogP contribution >= 0.6 is 11.6 Å². The molecule has 0 aliphatic carbocycles. The van der Waals surface area contributed by atoms with Gasteiger partial charge in [0.25, 0.3) is 5.91 Å². The molecule has 0 saturated carbocycles. The first-order valence-corrected chi connectivity index (χ1v) is 15.1. The molecule has 1 saturated heterocycles. The zero-order chi connectivity index (χ0) is 28.3. The van der Waals surface area contributed by atoms with Crippen molar-refractivity contribution in [2.24, 2.45) is 5.16 Å². The van der Waals surface area contributed by atoms with E-state index in [2.05, 4.69) is 5.16 Å². The second-order valence-electron chi connectivity index (χ2n) is 10.3. The molecule has 0 N–H and O–H groups in total. The Morgan fingerprint density at radius 1 is 0.850 bits per heavy atom. The summed E-state index contributed by atoms with van der Waals surface area (Å²) in [5.41, 5.74) is 6.41. The van der Waals surface area contributed by atoms with E-state index in [0.29, 0.717) is 30.2 Å². The van der Waals surface area contributed by atoms with Crippen molar-refractivity contribution in [3.05, 3.63) is 86.9 Å². The fourth-order valence-corrected chi connectivity index (χ4v) is 7.37. The number of piperidine rings is 1. The molecule has 9 nitrogen and oxygen atoms in total. The van der Waals surface area contributed by atoms with Gasteiger partial charge in [0.2, 0.25) is 15.9 Å². The summed E-state index contributed by atoms with van der Waals surface area (Å²) in [5.74, 6) is 0.161. The van der Waals surface area contributed by atoms with E-state index < -0.39 is 10.0 Å². The van der Waals surface area contributed by atoms with Gasteiger partial charge in [-0.05, 0) is 104 Å². The molecule has 0 bridgehead atoms. The molecule has 208 valence electrons. The van der Waals surface area contributed by atoms with E-state index in [1.165, 1.54) is 26.7 Å². The molecular formula is C29H30ClN5O4S. The second-order valence-corrected chi connectivity index (χ2v) is 12.7. The molecule has 6 rings (SSSR count). The minimum Gasteiger partial charge on any atom is -0.267 e. The van der Waals surface area contributed by atoms with Crippen LogP contribution in [-0.2, 0) is 15.0 Å². The molecule has 0 spiro atoms. The summed E-state index contributed by atoms with van der Waals surface area (Å²) >= 11 is 6.59. The van der Waals surface area contributed by atoms with Crippen LogP contribution in [0.25, 0.3) is 0 Å². The highest BCUT2D eigenvalue weighted by Crippen LogP contribution is 2.44. The molecule has 3 aromatic carbocycles. The fraction of sp³-hybridized carbons (Fsp3) is 0.310. The average molecular weight is 580 g/mol. The highest BCUT2D eigenvalue weighted by atomic mass is 35.5. The number of hydrazine groups is 2. The largest absolute Gasteiger partial charge is 0.277 e. The number of amides is 1. The van der Waals surface area contributed by atoms with Crippen LogP contribution in [0.5, 0.6) is 0 Å². The molecule has 3 heterocycles. The maximum absolute atomic E-state index is 13.9. The van der Waals surface area contributed by atoms with E-state index in [1.807, 2.05) is 52.0 Å². The summed E-state index contributed by atoms with van der Waals surface area (Å²) in [5, 5.41) is 9.62. The highest BCUT2D eigenvalue weighted by molar-refractivity contribution is 7.89. The first-order valence-electron chi connectivity index (χ1n) is 13.3. The first kappa shape index (κ1) is 26.8. The molecule has 3 aromatic rings. The Kier molecular flexibility index (Phi) is 6.61. The van der Waals surface area contributed by atoms with Gasteiger partial charge in [0.05, 0.1) is 21.6 Å². The van der Waals surface area contributed by atoms with Crippen molar-refractivity contribution < 1.29 is 18.2 Å². The first-order chi connectivity index (χ1) is 19.1. The molecule has 3 aliphatic rings. The number of anilines is 2. The number of sulfonamides is 1. The quantitative estimate of drug-likeness (QED) is 0.397. The maximum Gasteiger partial charge on any atom is 0.277 e. The minimum atomic E-state index is -3.61. The summed E-state index contributed by atoms with van der Waals surface area (Å²) in [6.07, 6.45) is 2.75. The lowest BCUT2D eigenvalue weighted by Crippen LogP contribution is -2.49. The molecule has 1 amide bonds. The summed E-state index contributed by atoms with van der Waals surface area (Å²) in [4.78, 5) is 19.8. The van der Waals surface area contributed by atoms with Gasteiger partial charge in [-0.2, -0.15) is 14.3 Å². The number of fused-ring (bicyclic) bond motifs is 3. The van der Waals surface area contributed by atoms with Gasteiger partial charge in [-0.15, -0.1) is 0 Å². The Labute approximate surface area is 239 Å². The lowest BCUT2D eigenvalue weighted by atomic mass is 9.93. The van der Waals surface area contributed by atoms with Crippen molar-refractivity contribution >= 4 is 44.7 Å². The van der Waals surface area contributed by atoms with E-state index in [-0.39, 0.29) is 10.8 Å². The molecular weight excluding hydrogens is 550 g/mol. The second kappa shape index (κ2) is 9.88. The molecule has 40 heavy (non-hydrogen) atoms. The molecule has 0 aromatic heterocycles. The summed E-state index contributed by atoms with van der Waals surface area (Å²) < 4.78 is 27.7. The number of hydrogen-bond donors (Lipinski definition) is 0. The predicted molar refractivity (Wildman–Crippen MR) is 155 cm³/mol. The number of carbonyl (C=O) groups is 1. The Balaban J connectivity index is 1.35. The van der Waals surface area contributed by atoms with Crippen LogP contribution in [0.1, 0.15) is 57.4 Å². The van der Waals surface area contributed by atoms with Crippen molar-refractivity contribution in [3.8, 4) is 0 Å². The summed E-state index contributed by atoms with van der Waals surface area (Å²) in [7, 11) is -3.61. The number of nitrogens with zero attached hydrogens (tertiary/aromatic N) is 5. The zero-order valence-corrected chi connectivity index (χ0v) is 24.4. The van der Waals surface area contributed by atoms with Crippen molar-refractivity contribution in [1.29, 1.82) is 0 Å². The monoisotopic (exact) mass is 579 g/mol. The van der Waals surface area contributed by atoms with E-state index in [4.69, 9.17) is 16.5 Å². The standard InChI is InChI=1S/C29H30ClN5O4S/c1-18-20(3)27(30)21(4)19(2)26(18)28-31-39-35-33(28)24-10-6-7-11-25(24)34(35)29(36)22-12-14-23(15-13-22)40(37,38)32-16-8-5-9-17-32/h6-7,10-15H,5,8-9,16-17H2,1-4H3. The van der Waals surface area contributed by atoms with Crippen molar-refractivity contribution in [1.82, 2.24) is 9.59 Å². The SMILES string of the molecule is Cc1c(C)c(C2=NON3N(C(=O)c4ccc(S(=O)(=O)N5CCCCC5)cc4)c4ccccc4N23)c(C)c(C)c1Cl. The van der Waals surface area contributed by atoms with Gasteiger partial charge in [0, 0.05) is 29.2 Å². The Morgan fingerprint density at radius 3 is 2.08 bits per heavy atom. The van der Waals surface area contributed by atoms with Gasteiger partial charge in [0.15, 0.2) is 0 Å². The number of carbonyl (C=O) groups excluding carboxylic acids is 1. The van der Waals surface area contributed by atoms with Crippen LogP contribution in [0.2, 0.25) is 5.02 Å². The fourth-order valence-electron chi connectivity index (χ4n) is 5.57. The minimum absolute atomic E-state index is 0.178. The van der Waals surface area contributed by atoms with Gasteiger partial charge in [0.1, 0.15) is 0 Å². The Hall–Kier alpha value is -3.44. The van der Waals surface area contributed by atoms with Crippen molar-refractivity contribution in [2.75, 3.05) is 23.1 Å². The number of oxime groups is 1. The third kappa shape index (κ3) is 4.01. The van der Waals surface area contributed by atoms with Gasteiger partial charge < -0.3 is 0 Å². The average Bonchev–Trinajstić information content (AvgIpc) is 3.54. The molecule has 0 radical (unpaired) electrons. The van der Waals surface area contributed by atoms with Crippen LogP contribution in [0, 0.1) is 27.7 Å². The van der Waals surface area contributed by atoms with E-state index >= 15 is 0 Å². The normalized spacial score (nSPS) is 17.5. The number of amidine groups is 1. The molecule has 3 aliphatic heterocycles. The Morgan fingerprint density at radius 2 is 1.45 bits per heavy atom. The van der Waals surface area contributed by atoms with Gasteiger partial charge in [-0.25, -0.2) is 8.42 Å². The van der Waals surface area contributed by atoms with Crippen LogP contribution < -0.4 is 10.0 Å². The van der Waals surface area contributed by atoms with E-state index in [9.17, 15) is 13.2 Å². The van der Waals surface area contributed by atoms with Crippen LogP contribution in [0.4, 0.5) is 11.4 Å². The van der Waals surface area contributed by atoms with Crippen LogP contribution in [0.15, 0.2) is 58.6 Å². The molecule has 11 heteroatoms. The summed E-state index contributed by atoms with van der Waals surface area (Å²) in [6.45, 7) is 8.99. The van der Waals surface area contributed by atoms with Crippen molar-refractivity contribution in [3.63, 3.8) is 0 Å². The molecule has 0 atom stereocenters. The third-order valence-corrected chi connectivity index (χ3v) is 10.6. The topological polar surface area (TPSA) is 85.8 Å². The predicted octanol–water partition coefficient (Wildman–Crippen LogP) is 5.65. The summed E-state index contributed by atoms with van der Waals surface area (Å²) in [6, 6.07) is 13.5. The highest BCUT2D eigenvalue weighted by Gasteiger charge is 2.47. The van der Waals surface area contributed by atoms with Crippen LogP contribution in [-0.4, -0.2) is 42.8 Å². The van der Waals surface area contributed by atoms with E-state index in [0.717, 1.165) is 57.8 Å². The van der Waals surface area contributed by atoms with Gasteiger partial charge in [-0.3, -0.25) is 9.73 Å². The van der Waals surface area contributed by atoms with Crippen molar-refractivity contribution in [2.45, 2.75) is 51.9 Å².